The number of amides is 1. The van der Waals surface area contributed by atoms with Gasteiger partial charge in [0.15, 0.2) is 0 Å². The maximum absolute atomic E-state index is 13.1. The van der Waals surface area contributed by atoms with E-state index in [9.17, 15) is 9.18 Å². The van der Waals surface area contributed by atoms with Crippen LogP contribution < -0.4 is 15.0 Å². The lowest BCUT2D eigenvalue weighted by atomic mass is 10.1. The Labute approximate surface area is 182 Å². The molecule has 0 saturated carbocycles. The quantitative estimate of drug-likeness (QED) is 0.643. The predicted molar refractivity (Wildman–Crippen MR) is 121 cm³/mol. The Morgan fingerprint density at radius 3 is 2.45 bits per heavy atom. The van der Waals surface area contributed by atoms with Crippen molar-refractivity contribution >= 4 is 17.3 Å². The Morgan fingerprint density at radius 1 is 0.968 bits per heavy atom. The number of rotatable bonds is 6. The topological polar surface area (TPSA) is 44.8 Å². The molecule has 4 rings (SSSR count). The van der Waals surface area contributed by atoms with Gasteiger partial charge in [0.2, 0.25) is 0 Å². The SMILES string of the molecule is COc1cccc(N2CCN(Cc3cccc(C(=O)Nc4ccc(F)cc4)c3)CC2)c1. The van der Waals surface area contributed by atoms with Gasteiger partial charge in [-0.15, -0.1) is 0 Å². The van der Waals surface area contributed by atoms with E-state index < -0.39 is 0 Å². The summed E-state index contributed by atoms with van der Waals surface area (Å²) in [7, 11) is 1.69. The molecule has 160 valence electrons. The highest BCUT2D eigenvalue weighted by molar-refractivity contribution is 6.04. The fourth-order valence-corrected chi connectivity index (χ4v) is 3.78. The zero-order chi connectivity index (χ0) is 21.6. The van der Waals surface area contributed by atoms with Crippen LogP contribution in [0.5, 0.6) is 5.75 Å². The van der Waals surface area contributed by atoms with Crippen molar-refractivity contribution in [2.45, 2.75) is 6.54 Å². The van der Waals surface area contributed by atoms with Crippen molar-refractivity contribution in [2.75, 3.05) is 43.5 Å². The molecule has 1 N–H and O–H groups in total. The Kier molecular flexibility index (Phi) is 6.48. The van der Waals surface area contributed by atoms with Gasteiger partial charge in [-0.05, 0) is 54.1 Å². The van der Waals surface area contributed by atoms with Gasteiger partial charge < -0.3 is 15.0 Å². The lowest BCUT2D eigenvalue weighted by Gasteiger charge is -2.36. The van der Waals surface area contributed by atoms with E-state index in [0.717, 1.165) is 44.0 Å². The zero-order valence-electron chi connectivity index (χ0n) is 17.6. The van der Waals surface area contributed by atoms with Crippen LogP contribution >= 0.6 is 0 Å². The molecule has 0 radical (unpaired) electrons. The van der Waals surface area contributed by atoms with Crippen molar-refractivity contribution in [1.82, 2.24) is 4.90 Å². The van der Waals surface area contributed by atoms with E-state index in [1.165, 1.54) is 17.8 Å². The number of halogens is 1. The summed E-state index contributed by atoms with van der Waals surface area (Å²) in [6.45, 7) is 4.58. The minimum atomic E-state index is -0.327. The summed E-state index contributed by atoms with van der Waals surface area (Å²) >= 11 is 0. The first-order chi connectivity index (χ1) is 15.1. The van der Waals surface area contributed by atoms with Crippen LogP contribution in [0.25, 0.3) is 0 Å². The molecular weight excluding hydrogens is 393 g/mol. The molecule has 1 aliphatic heterocycles. The van der Waals surface area contributed by atoms with Crippen LogP contribution in [0.15, 0.2) is 72.8 Å². The van der Waals surface area contributed by atoms with Crippen molar-refractivity contribution in [3.8, 4) is 5.75 Å². The summed E-state index contributed by atoms with van der Waals surface area (Å²) in [6.07, 6.45) is 0. The second kappa shape index (κ2) is 9.62. The molecular formula is C25H26FN3O2. The first-order valence-corrected chi connectivity index (χ1v) is 10.4. The summed E-state index contributed by atoms with van der Waals surface area (Å²) in [5, 5.41) is 2.81. The Hall–Kier alpha value is -3.38. The van der Waals surface area contributed by atoms with E-state index in [1.807, 2.05) is 30.3 Å². The number of nitrogens with one attached hydrogen (secondary N) is 1. The van der Waals surface area contributed by atoms with Crippen molar-refractivity contribution in [1.29, 1.82) is 0 Å². The second-order valence-electron chi connectivity index (χ2n) is 7.63. The van der Waals surface area contributed by atoms with Gasteiger partial charge in [-0.1, -0.05) is 18.2 Å². The molecule has 3 aromatic rings. The molecule has 0 atom stereocenters. The molecule has 1 amide bonds. The van der Waals surface area contributed by atoms with Gasteiger partial charge in [-0.25, -0.2) is 4.39 Å². The Balaban J connectivity index is 1.34. The Morgan fingerprint density at radius 2 is 1.71 bits per heavy atom. The van der Waals surface area contributed by atoms with Crippen LogP contribution in [-0.2, 0) is 6.54 Å². The number of hydrogen-bond donors (Lipinski definition) is 1. The normalized spacial score (nSPS) is 14.3. The van der Waals surface area contributed by atoms with Gasteiger partial charge >= 0.3 is 0 Å². The second-order valence-corrected chi connectivity index (χ2v) is 7.63. The molecule has 1 heterocycles. The monoisotopic (exact) mass is 419 g/mol. The van der Waals surface area contributed by atoms with Crippen molar-refractivity contribution in [2.24, 2.45) is 0 Å². The van der Waals surface area contributed by atoms with Crippen molar-refractivity contribution in [3.63, 3.8) is 0 Å². The number of nitrogens with zero attached hydrogens (tertiary/aromatic N) is 2. The maximum Gasteiger partial charge on any atom is 0.255 e. The van der Waals surface area contributed by atoms with Crippen LogP contribution in [0.4, 0.5) is 15.8 Å². The third-order valence-electron chi connectivity index (χ3n) is 5.49. The molecule has 6 heteroatoms. The summed E-state index contributed by atoms with van der Waals surface area (Å²) in [5.41, 5.74) is 3.45. The number of methoxy groups -OCH3 is 1. The molecule has 1 saturated heterocycles. The zero-order valence-corrected chi connectivity index (χ0v) is 17.6. The van der Waals surface area contributed by atoms with E-state index in [1.54, 1.807) is 25.3 Å². The molecule has 0 bridgehead atoms. The highest BCUT2D eigenvalue weighted by atomic mass is 19.1. The number of hydrogen-bond acceptors (Lipinski definition) is 4. The third-order valence-corrected chi connectivity index (χ3v) is 5.49. The molecule has 3 aromatic carbocycles. The van der Waals surface area contributed by atoms with Crippen LogP contribution in [0.2, 0.25) is 0 Å². The predicted octanol–water partition coefficient (Wildman–Crippen LogP) is 4.41. The smallest absolute Gasteiger partial charge is 0.255 e. The van der Waals surface area contributed by atoms with Gasteiger partial charge in [0.25, 0.3) is 5.91 Å². The van der Waals surface area contributed by atoms with Gasteiger partial charge in [-0.3, -0.25) is 9.69 Å². The van der Waals surface area contributed by atoms with E-state index in [0.29, 0.717) is 11.3 Å². The highest BCUT2D eigenvalue weighted by Crippen LogP contribution is 2.22. The average Bonchev–Trinajstić information content (AvgIpc) is 2.81. The van der Waals surface area contributed by atoms with Gasteiger partial charge in [-0.2, -0.15) is 0 Å². The molecule has 0 aromatic heterocycles. The average molecular weight is 420 g/mol. The van der Waals surface area contributed by atoms with Crippen LogP contribution in [0, 0.1) is 5.82 Å². The number of carbonyl (C=O) groups is 1. The Bertz CT molecular complexity index is 1030. The minimum Gasteiger partial charge on any atom is -0.497 e. The number of ether oxygens (including phenoxy) is 1. The molecule has 1 aliphatic rings. The molecule has 0 unspecified atom stereocenters. The van der Waals surface area contributed by atoms with Gasteiger partial charge in [0.05, 0.1) is 7.11 Å². The minimum absolute atomic E-state index is 0.198. The molecule has 0 spiro atoms. The first kappa shape index (κ1) is 20.9. The van der Waals surface area contributed by atoms with Crippen LogP contribution in [-0.4, -0.2) is 44.1 Å². The summed E-state index contributed by atoms with van der Waals surface area (Å²) in [4.78, 5) is 17.3. The summed E-state index contributed by atoms with van der Waals surface area (Å²) in [6, 6.07) is 21.6. The number of benzene rings is 3. The number of piperazine rings is 1. The largest absolute Gasteiger partial charge is 0.497 e. The van der Waals surface area contributed by atoms with Crippen molar-refractivity contribution in [3.05, 3.63) is 89.7 Å². The van der Waals surface area contributed by atoms with E-state index in [4.69, 9.17) is 4.74 Å². The summed E-state index contributed by atoms with van der Waals surface area (Å²) < 4.78 is 18.4. The number of anilines is 2. The molecule has 0 aliphatic carbocycles. The first-order valence-electron chi connectivity index (χ1n) is 10.4. The van der Waals surface area contributed by atoms with E-state index >= 15 is 0 Å². The van der Waals surface area contributed by atoms with Gasteiger partial charge in [0, 0.05) is 55.7 Å². The van der Waals surface area contributed by atoms with Gasteiger partial charge in [0.1, 0.15) is 11.6 Å². The van der Waals surface area contributed by atoms with Crippen LogP contribution in [0.3, 0.4) is 0 Å². The molecule has 5 nitrogen and oxygen atoms in total. The van der Waals surface area contributed by atoms with Crippen LogP contribution in [0.1, 0.15) is 15.9 Å². The lowest BCUT2D eigenvalue weighted by molar-refractivity contribution is 0.102. The fraction of sp³-hybridized carbons (Fsp3) is 0.240. The molecule has 1 fully saturated rings. The third kappa shape index (κ3) is 5.41. The van der Waals surface area contributed by atoms with Crippen molar-refractivity contribution < 1.29 is 13.9 Å². The highest BCUT2D eigenvalue weighted by Gasteiger charge is 2.18. The maximum atomic E-state index is 13.1. The summed E-state index contributed by atoms with van der Waals surface area (Å²) in [5.74, 6) is 0.346. The fourth-order valence-electron chi connectivity index (χ4n) is 3.78. The number of carbonyl (C=O) groups excluding carboxylic acids is 1. The van der Waals surface area contributed by atoms with E-state index in [2.05, 4.69) is 27.2 Å². The molecule has 31 heavy (non-hydrogen) atoms. The van der Waals surface area contributed by atoms with E-state index in [-0.39, 0.29) is 11.7 Å². The lowest BCUT2D eigenvalue weighted by Crippen LogP contribution is -2.45. The standard InChI is InChI=1S/C25H26FN3O2/c1-31-24-7-3-6-23(17-24)29-14-12-28(13-15-29)18-19-4-2-5-20(16-19)25(30)27-22-10-8-21(26)9-11-22/h2-11,16-17H,12-15,18H2,1H3,(H,27,30).